The van der Waals surface area contributed by atoms with E-state index in [9.17, 15) is 0 Å². The highest BCUT2D eigenvalue weighted by molar-refractivity contribution is 9.08. The van der Waals surface area contributed by atoms with Gasteiger partial charge in [-0.05, 0) is 24.1 Å². The monoisotopic (exact) mass is 256 g/mol. The van der Waals surface area contributed by atoms with E-state index in [0.29, 0.717) is 0 Å². The van der Waals surface area contributed by atoms with E-state index in [-0.39, 0.29) is 0 Å². The average molecular weight is 257 g/mol. The molecular formula is C12H17BrO. The van der Waals surface area contributed by atoms with Crippen LogP contribution in [0.4, 0.5) is 0 Å². The molecule has 0 radical (unpaired) electrons. The van der Waals surface area contributed by atoms with Gasteiger partial charge in [0.15, 0.2) is 0 Å². The van der Waals surface area contributed by atoms with Gasteiger partial charge in [0.1, 0.15) is 5.75 Å². The second-order valence-corrected chi connectivity index (χ2v) is 3.90. The Hall–Kier alpha value is -0.500. The molecule has 0 aliphatic rings. The Morgan fingerprint density at radius 3 is 2.86 bits per heavy atom. The zero-order chi connectivity index (χ0) is 10.2. The lowest BCUT2D eigenvalue weighted by molar-refractivity contribution is 0.306. The van der Waals surface area contributed by atoms with E-state index in [1.165, 1.54) is 18.4 Å². The fourth-order valence-corrected chi connectivity index (χ4v) is 1.61. The van der Waals surface area contributed by atoms with Crippen LogP contribution in [0.2, 0.25) is 0 Å². The van der Waals surface area contributed by atoms with Gasteiger partial charge in [-0.2, -0.15) is 0 Å². The standard InChI is InChI=1S/C12H17BrO/c1-2-3-4-8-14-12-7-5-6-11(9-12)10-13/h5-7,9H,2-4,8,10H2,1H3. The maximum Gasteiger partial charge on any atom is 0.119 e. The van der Waals surface area contributed by atoms with Gasteiger partial charge in [0.2, 0.25) is 0 Å². The largest absolute Gasteiger partial charge is 0.494 e. The molecule has 14 heavy (non-hydrogen) atoms. The first-order valence-corrected chi connectivity index (χ1v) is 6.26. The number of halogens is 1. The third-order valence-corrected chi connectivity index (χ3v) is 2.72. The second kappa shape index (κ2) is 6.88. The number of alkyl halides is 1. The van der Waals surface area contributed by atoms with Crippen LogP contribution >= 0.6 is 15.9 Å². The van der Waals surface area contributed by atoms with Crippen molar-refractivity contribution in [2.24, 2.45) is 0 Å². The summed E-state index contributed by atoms with van der Waals surface area (Å²) >= 11 is 3.43. The minimum atomic E-state index is 0.833. The van der Waals surface area contributed by atoms with Crippen LogP contribution in [0.25, 0.3) is 0 Å². The van der Waals surface area contributed by atoms with E-state index in [1.54, 1.807) is 0 Å². The molecular weight excluding hydrogens is 240 g/mol. The van der Waals surface area contributed by atoms with E-state index < -0.39 is 0 Å². The van der Waals surface area contributed by atoms with Gasteiger partial charge in [-0.1, -0.05) is 47.8 Å². The van der Waals surface area contributed by atoms with Crippen molar-refractivity contribution in [3.05, 3.63) is 29.8 Å². The quantitative estimate of drug-likeness (QED) is 0.549. The summed E-state index contributed by atoms with van der Waals surface area (Å²) in [5.74, 6) is 0.984. The van der Waals surface area contributed by atoms with Crippen molar-refractivity contribution in [1.82, 2.24) is 0 Å². The lowest BCUT2D eigenvalue weighted by Gasteiger charge is -2.06. The van der Waals surface area contributed by atoms with Crippen molar-refractivity contribution in [3.63, 3.8) is 0 Å². The van der Waals surface area contributed by atoms with Crippen LogP contribution in [0.5, 0.6) is 5.75 Å². The maximum atomic E-state index is 5.63. The molecule has 1 aromatic rings. The van der Waals surface area contributed by atoms with Crippen LogP contribution in [0.15, 0.2) is 24.3 Å². The van der Waals surface area contributed by atoms with Gasteiger partial charge in [0.05, 0.1) is 6.61 Å². The summed E-state index contributed by atoms with van der Waals surface area (Å²) in [6.07, 6.45) is 3.64. The van der Waals surface area contributed by atoms with Gasteiger partial charge in [-0.15, -0.1) is 0 Å². The fraction of sp³-hybridized carbons (Fsp3) is 0.500. The molecule has 0 saturated heterocycles. The van der Waals surface area contributed by atoms with Gasteiger partial charge < -0.3 is 4.74 Å². The van der Waals surface area contributed by atoms with Gasteiger partial charge in [0.25, 0.3) is 0 Å². The van der Waals surface area contributed by atoms with Gasteiger partial charge in [-0.25, -0.2) is 0 Å². The molecule has 0 aliphatic heterocycles. The van der Waals surface area contributed by atoms with E-state index in [4.69, 9.17) is 4.74 Å². The van der Waals surface area contributed by atoms with Crippen LogP contribution in [0, 0.1) is 0 Å². The second-order valence-electron chi connectivity index (χ2n) is 3.34. The SMILES string of the molecule is CCCCCOc1cccc(CBr)c1. The normalized spacial score (nSPS) is 10.1. The first-order chi connectivity index (χ1) is 6.86. The van der Waals surface area contributed by atoms with Crippen molar-refractivity contribution in [2.75, 3.05) is 6.61 Å². The van der Waals surface area contributed by atoms with Crippen molar-refractivity contribution < 1.29 is 4.74 Å². The molecule has 78 valence electrons. The molecule has 0 fully saturated rings. The molecule has 0 N–H and O–H groups in total. The Morgan fingerprint density at radius 2 is 2.14 bits per heavy atom. The summed E-state index contributed by atoms with van der Waals surface area (Å²) in [7, 11) is 0. The predicted octanol–water partition coefficient (Wildman–Crippen LogP) is 4.15. The molecule has 0 unspecified atom stereocenters. The number of benzene rings is 1. The Balaban J connectivity index is 2.34. The Morgan fingerprint density at radius 1 is 1.29 bits per heavy atom. The molecule has 0 aromatic heterocycles. The molecule has 0 heterocycles. The lowest BCUT2D eigenvalue weighted by Crippen LogP contribution is -1.97. The highest BCUT2D eigenvalue weighted by Crippen LogP contribution is 2.15. The van der Waals surface area contributed by atoms with Crippen LogP contribution in [-0.4, -0.2) is 6.61 Å². The van der Waals surface area contributed by atoms with E-state index in [2.05, 4.69) is 35.0 Å². The topological polar surface area (TPSA) is 9.23 Å². The summed E-state index contributed by atoms with van der Waals surface area (Å²) in [5, 5.41) is 0.888. The lowest BCUT2D eigenvalue weighted by atomic mass is 10.2. The van der Waals surface area contributed by atoms with E-state index in [1.807, 2.05) is 12.1 Å². The van der Waals surface area contributed by atoms with E-state index >= 15 is 0 Å². The predicted molar refractivity (Wildman–Crippen MR) is 64.1 cm³/mol. The van der Waals surface area contributed by atoms with Crippen LogP contribution in [0.1, 0.15) is 31.7 Å². The first kappa shape index (κ1) is 11.6. The molecule has 0 saturated carbocycles. The maximum absolute atomic E-state index is 5.63. The highest BCUT2D eigenvalue weighted by Gasteiger charge is 1.95. The third kappa shape index (κ3) is 4.14. The molecule has 0 spiro atoms. The molecule has 0 aliphatic carbocycles. The van der Waals surface area contributed by atoms with Crippen molar-refractivity contribution >= 4 is 15.9 Å². The third-order valence-electron chi connectivity index (χ3n) is 2.07. The average Bonchev–Trinajstić information content (AvgIpc) is 2.25. The summed E-state index contributed by atoms with van der Waals surface area (Å²) < 4.78 is 5.63. The highest BCUT2D eigenvalue weighted by atomic mass is 79.9. The number of hydrogen-bond acceptors (Lipinski definition) is 1. The summed E-state index contributed by atoms with van der Waals surface area (Å²) in [4.78, 5) is 0. The minimum Gasteiger partial charge on any atom is -0.494 e. The smallest absolute Gasteiger partial charge is 0.119 e. The molecule has 0 bridgehead atoms. The Labute approximate surface area is 94.6 Å². The zero-order valence-corrected chi connectivity index (χ0v) is 10.2. The van der Waals surface area contributed by atoms with Gasteiger partial charge in [0, 0.05) is 5.33 Å². The summed E-state index contributed by atoms with van der Waals surface area (Å²) in [6, 6.07) is 8.22. The van der Waals surface area contributed by atoms with Crippen molar-refractivity contribution in [1.29, 1.82) is 0 Å². The number of ether oxygens (including phenoxy) is 1. The summed E-state index contributed by atoms with van der Waals surface area (Å²) in [6.45, 7) is 3.03. The Kier molecular flexibility index (Phi) is 5.69. The van der Waals surface area contributed by atoms with Gasteiger partial charge >= 0.3 is 0 Å². The van der Waals surface area contributed by atoms with Crippen LogP contribution < -0.4 is 4.74 Å². The van der Waals surface area contributed by atoms with Gasteiger partial charge in [-0.3, -0.25) is 0 Å². The minimum absolute atomic E-state index is 0.833. The van der Waals surface area contributed by atoms with Crippen LogP contribution in [0.3, 0.4) is 0 Å². The molecule has 1 rings (SSSR count). The fourth-order valence-electron chi connectivity index (χ4n) is 1.26. The molecule has 0 amide bonds. The first-order valence-electron chi connectivity index (χ1n) is 5.14. The number of unbranched alkanes of at least 4 members (excludes halogenated alkanes) is 2. The molecule has 1 aromatic carbocycles. The number of rotatable bonds is 6. The molecule has 1 nitrogen and oxygen atoms in total. The molecule has 2 heteroatoms. The number of hydrogen-bond donors (Lipinski definition) is 0. The van der Waals surface area contributed by atoms with Crippen molar-refractivity contribution in [2.45, 2.75) is 31.5 Å². The van der Waals surface area contributed by atoms with Crippen LogP contribution in [-0.2, 0) is 5.33 Å². The zero-order valence-electron chi connectivity index (χ0n) is 8.63. The molecule has 0 atom stereocenters. The summed E-state index contributed by atoms with van der Waals surface area (Å²) in [5.41, 5.74) is 1.26. The van der Waals surface area contributed by atoms with E-state index in [0.717, 1.165) is 24.1 Å². The van der Waals surface area contributed by atoms with Crippen molar-refractivity contribution in [3.8, 4) is 5.75 Å². The Bertz CT molecular complexity index is 260.